The van der Waals surface area contributed by atoms with E-state index in [-0.39, 0.29) is 35.9 Å². The van der Waals surface area contributed by atoms with Crippen LogP contribution in [-0.4, -0.2) is 35.3 Å². The summed E-state index contributed by atoms with van der Waals surface area (Å²) < 4.78 is 13.7. The second-order valence-corrected chi connectivity index (χ2v) is 10.9. The number of hydrogen-bond acceptors (Lipinski definition) is 3. The second-order valence-electron chi connectivity index (χ2n) is 10.9. The number of halogens is 1. The van der Waals surface area contributed by atoms with Crippen molar-refractivity contribution in [1.82, 2.24) is 10.2 Å². The number of anilines is 1. The molecule has 2 N–H and O–H groups in total. The molecule has 2 aromatic rings. The summed E-state index contributed by atoms with van der Waals surface area (Å²) in [6.45, 7) is 0.730. The Morgan fingerprint density at radius 2 is 1.86 bits per heavy atom. The van der Waals surface area contributed by atoms with Crippen molar-refractivity contribution in [2.24, 2.45) is 17.8 Å². The van der Waals surface area contributed by atoms with Gasteiger partial charge in [0, 0.05) is 41.7 Å². The highest BCUT2D eigenvalue weighted by Crippen LogP contribution is 2.49. The molecule has 6 rings (SSSR count). The van der Waals surface area contributed by atoms with Gasteiger partial charge in [0.25, 0.3) is 5.91 Å². The highest BCUT2D eigenvalue weighted by Gasteiger charge is 2.49. The lowest BCUT2D eigenvalue weighted by Gasteiger charge is -2.44. The molecule has 1 saturated heterocycles. The Labute approximate surface area is 217 Å². The molecule has 0 aromatic heterocycles. The van der Waals surface area contributed by atoms with Gasteiger partial charge in [0.05, 0.1) is 12.0 Å². The third-order valence-corrected chi connectivity index (χ3v) is 8.75. The lowest BCUT2D eigenvalue weighted by atomic mass is 9.75. The number of hydrogen-bond donors (Lipinski definition) is 2. The summed E-state index contributed by atoms with van der Waals surface area (Å²) in [4.78, 5) is 29.2. The van der Waals surface area contributed by atoms with Crippen molar-refractivity contribution >= 4 is 17.5 Å². The number of fused-ring (bicyclic) bond motifs is 3. The first-order chi connectivity index (χ1) is 18.1. The number of amides is 2. The van der Waals surface area contributed by atoms with Crippen LogP contribution in [0.1, 0.15) is 60.5 Å². The first kappa shape index (κ1) is 24.0. The van der Waals surface area contributed by atoms with Crippen molar-refractivity contribution < 1.29 is 14.0 Å². The van der Waals surface area contributed by atoms with Gasteiger partial charge >= 0.3 is 0 Å². The van der Waals surface area contributed by atoms with Gasteiger partial charge in [-0.3, -0.25) is 9.59 Å². The molecular weight excluding hydrogens is 465 g/mol. The van der Waals surface area contributed by atoms with Crippen molar-refractivity contribution in [1.29, 1.82) is 0 Å². The third-order valence-electron chi connectivity index (χ3n) is 8.75. The van der Waals surface area contributed by atoms with Crippen molar-refractivity contribution in [3.05, 3.63) is 89.8 Å². The summed E-state index contributed by atoms with van der Waals surface area (Å²) in [6.07, 6.45) is 14.2. The van der Waals surface area contributed by atoms with Crippen molar-refractivity contribution in [3.63, 3.8) is 0 Å². The van der Waals surface area contributed by atoms with Crippen molar-refractivity contribution in [2.75, 3.05) is 11.9 Å². The number of nitrogens with one attached hydrogen (secondary N) is 2. The topological polar surface area (TPSA) is 61.4 Å². The normalized spacial score (nSPS) is 30.2. The van der Waals surface area contributed by atoms with E-state index in [9.17, 15) is 14.0 Å². The summed E-state index contributed by atoms with van der Waals surface area (Å²) in [7, 11) is 0. The van der Waals surface area contributed by atoms with E-state index in [1.165, 1.54) is 17.7 Å². The monoisotopic (exact) mass is 499 g/mol. The third kappa shape index (κ3) is 4.58. The van der Waals surface area contributed by atoms with Crippen LogP contribution < -0.4 is 10.6 Å². The van der Waals surface area contributed by atoms with E-state index in [0.717, 1.165) is 50.8 Å². The molecule has 0 radical (unpaired) electrons. The molecule has 0 bridgehead atoms. The summed E-state index contributed by atoms with van der Waals surface area (Å²) in [6, 6.07) is 14.2. The minimum Gasteiger partial charge on any atom is -0.381 e. The number of allylic oxidation sites excluding steroid dienone is 3. The quantitative estimate of drug-likeness (QED) is 0.573. The smallest absolute Gasteiger partial charge is 0.251 e. The molecule has 2 amide bonds. The van der Waals surface area contributed by atoms with E-state index in [4.69, 9.17) is 0 Å². The predicted octanol–water partition coefficient (Wildman–Crippen LogP) is 5.63. The summed E-state index contributed by atoms with van der Waals surface area (Å²) >= 11 is 0. The second kappa shape index (κ2) is 10.2. The molecule has 2 aliphatic carbocycles. The maximum atomic E-state index is 14.2. The molecule has 6 heteroatoms. The minimum absolute atomic E-state index is 0.0377. The molecule has 2 heterocycles. The highest BCUT2D eigenvalue weighted by atomic mass is 19.1. The lowest BCUT2D eigenvalue weighted by Crippen LogP contribution is -2.51. The van der Waals surface area contributed by atoms with Crippen LogP contribution in [0.15, 0.2) is 72.8 Å². The molecule has 2 aromatic carbocycles. The maximum absolute atomic E-state index is 14.2. The number of likely N-dealkylation sites (tertiary alicyclic amines) is 1. The number of para-hydroxylation sites is 1. The van der Waals surface area contributed by atoms with Crippen LogP contribution in [0.5, 0.6) is 0 Å². The Morgan fingerprint density at radius 1 is 1.00 bits per heavy atom. The van der Waals surface area contributed by atoms with E-state index in [2.05, 4.69) is 64.1 Å². The number of nitrogens with zero attached hydrogens (tertiary/aromatic N) is 1. The molecule has 37 heavy (non-hydrogen) atoms. The lowest BCUT2D eigenvalue weighted by molar-refractivity contribution is -0.139. The van der Waals surface area contributed by atoms with Gasteiger partial charge in [-0.2, -0.15) is 0 Å². The van der Waals surface area contributed by atoms with E-state index in [0.29, 0.717) is 17.4 Å². The van der Waals surface area contributed by atoms with Crippen LogP contribution in [-0.2, 0) is 4.79 Å². The highest BCUT2D eigenvalue weighted by molar-refractivity contribution is 5.95. The Balaban J connectivity index is 1.25. The molecule has 2 aliphatic heterocycles. The standard InChI is InChI=1S/C31H34FN3O2/c32-22-12-8-11-21(19-22)30(36)34-27-16-7-5-14-24(27)31(37)35-18-17-25-28(20-9-2-1-3-10-20)33-26-15-6-4-13-23(26)29(25)35/h1-4,6,8-9,11-13,15,19-20,24-25,27-29,33H,5,7,10,14,16-18H2,(H,34,36)/t20?,24-,25+,27+,28-,29-/m0/s1. The van der Waals surface area contributed by atoms with Crippen LogP contribution in [0.3, 0.4) is 0 Å². The summed E-state index contributed by atoms with van der Waals surface area (Å²) in [5, 5.41) is 6.91. The van der Waals surface area contributed by atoms with Gasteiger partial charge in [-0.1, -0.05) is 61.4 Å². The molecule has 1 saturated carbocycles. The Bertz CT molecular complexity index is 1240. The molecule has 5 nitrogen and oxygen atoms in total. The maximum Gasteiger partial charge on any atom is 0.251 e. The van der Waals surface area contributed by atoms with E-state index in [1.807, 2.05) is 0 Å². The molecule has 4 aliphatic rings. The average Bonchev–Trinajstić information content (AvgIpc) is 3.39. The fraction of sp³-hybridized carbons (Fsp3) is 0.419. The molecule has 6 atom stereocenters. The van der Waals surface area contributed by atoms with Gasteiger partial charge in [-0.25, -0.2) is 4.39 Å². The number of carbonyl (C=O) groups excluding carboxylic acids is 2. The van der Waals surface area contributed by atoms with E-state index >= 15 is 0 Å². The zero-order chi connectivity index (χ0) is 25.4. The van der Waals surface area contributed by atoms with Gasteiger partial charge in [-0.05, 0) is 55.5 Å². The van der Waals surface area contributed by atoms with E-state index in [1.54, 1.807) is 12.1 Å². The van der Waals surface area contributed by atoms with Crippen LogP contribution in [0.25, 0.3) is 0 Å². The van der Waals surface area contributed by atoms with Gasteiger partial charge in [0.2, 0.25) is 5.91 Å². The van der Waals surface area contributed by atoms with E-state index < -0.39 is 5.82 Å². The van der Waals surface area contributed by atoms with Crippen LogP contribution in [0.4, 0.5) is 10.1 Å². The SMILES string of the molecule is O=C(N[C@@H]1CCCC[C@@H]1C(=O)N1CC[C@@H]2[C@H](C3C=CC=CC3)Nc3ccccc3[C@@H]21)c1cccc(F)c1. The fourth-order valence-corrected chi connectivity index (χ4v) is 7.00. The van der Waals surface area contributed by atoms with Crippen LogP contribution >= 0.6 is 0 Å². The number of rotatable bonds is 4. The van der Waals surface area contributed by atoms with Crippen LogP contribution in [0, 0.1) is 23.6 Å². The Morgan fingerprint density at radius 3 is 2.70 bits per heavy atom. The Kier molecular flexibility index (Phi) is 6.58. The van der Waals surface area contributed by atoms with Gasteiger partial charge in [0.1, 0.15) is 5.82 Å². The Hall–Kier alpha value is -3.41. The fourth-order valence-electron chi connectivity index (χ4n) is 7.00. The zero-order valence-electron chi connectivity index (χ0n) is 21.0. The molecule has 2 fully saturated rings. The molecule has 1 unspecified atom stereocenters. The van der Waals surface area contributed by atoms with Crippen LogP contribution in [0.2, 0.25) is 0 Å². The van der Waals surface area contributed by atoms with Gasteiger partial charge in [-0.15, -0.1) is 0 Å². The zero-order valence-corrected chi connectivity index (χ0v) is 21.0. The van der Waals surface area contributed by atoms with Crippen molar-refractivity contribution in [3.8, 4) is 0 Å². The first-order valence-electron chi connectivity index (χ1n) is 13.7. The minimum atomic E-state index is -0.436. The molecule has 0 spiro atoms. The van der Waals surface area contributed by atoms with Gasteiger partial charge in [0.15, 0.2) is 0 Å². The average molecular weight is 500 g/mol. The summed E-state index contributed by atoms with van der Waals surface area (Å²) in [5.74, 6) is -0.130. The number of carbonyl (C=O) groups is 2. The predicted molar refractivity (Wildman–Crippen MR) is 142 cm³/mol. The first-order valence-corrected chi connectivity index (χ1v) is 13.7. The largest absolute Gasteiger partial charge is 0.381 e. The van der Waals surface area contributed by atoms with Crippen molar-refractivity contribution in [2.45, 2.75) is 56.7 Å². The summed E-state index contributed by atoms with van der Waals surface area (Å²) in [5.41, 5.74) is 2.61. The number of benzene rings is 2. The van der Waals surface area contributed by atoms with Gasteiger partial charge < -0.3 is 15.5 Å². The molecular formula is C31H34FN3O2. The molecule has 192 valence electrons.